The number of ketones is 1. The zero-order valence-corrected chi connectivity index (χ0v) is 8.88. The van der Waals surface area contributed by atoms with Crippen LogP contribution in [-0.2, 0) is 4.79 Å². The van der Waals surface area contributed by atoms with Gasteiger partial charge < -0.3 is 16.2 Å². The molecular formula is C10H13ClN2O3. The number of amides is 1. The van der Waals surface area contributed by atoms with Crippen molar-refractivity contribution in [3.05, 3.63) is 23.8 Å². The molecule has 0 bridgehead atoms. The third-order valence-electron chi connectivity index (χ3n) is 1.65. The standard InChI is InChI=1S/C10H12N2O3.ClH/c11-4-3-10(15)8-5-7(14)1-2-9(8)12-6-13;/h1-2,5-6,14H,3-4,11H2,(H,12,13);1H/i3D2,4D2;. The Morgan fingerprint density at radius 1 is 1.62 bits per heavy atom. The number of carbonyl (C=O) groups is 2. The Bertz CT molecular complexity index is 520. The third kappa shape index (κ3) is 3.52. The largest absolute Gasteiger partial charge is 0.508 e. The second-order valence-corrected chi connectivity index (χ2v) is 2.59. The maximum absolute atomic E-state index is 12.0. The van der Waals surface area contributed by atoms with Gasteiger partial charge in [-0.3, -0.25) is 9.59 Å². The van der Waals surface area contributed by atoms with Crippen LogP contribution in [0.4, 0.5) is 5.69 Å². The van der Waals surface area contributed by atoms with Crippen molar-refractivity contribution >= 4 is 30.3 Å². The predicted octanol–water partition coefficient (Wildman–Crippen LogP) is 0.914. The molecule has 0 saturated carbocycles. The first kappa shape index (κ1) is 8.55. The smallest absolute Gasteiger partial charge is 0.211 e. The fraction of sp³-hybridized carbons (Fsp3) is 0.200. The van der Waals surface area contributed by atoms with E-state index in [1.807, 2.05) is 0 Å². The minimum Gasteiger partial charge on any atom is -0.508 e. The first-order chi connectivity index (χ1) is 8.61. The Labute approximate surface area is 105 Å². The first-order valence-corrected chi connectivity index (χ1v) is 3.98. The average molecular weight is 249 g/mol. The topological polar surface area (TPSA) is 92.4 Å². The molecule has 0 atom stereocenters. The van der Waals surface area contributed by atoms with Gasteiger partial charge in [0.25, 0.3) is 0 Å². The molecule has 1 amide bonds. The molecule has 0 unspecified atom stereocenters. The van der Waals surface area contributed by atoms with Crippen molar-refractivity contribution in [2.75, 3.05) is 11.8 Å². The predicted molar refractivity (Wildman–Crippen MR) is 63.0 cm³/mol. The quantitative estimate of drug-likeness (QED) is 0.410. The molecule has 1 rings (SSSR count). The number of hydrogen-bond acceptors (Lipinski definition) is 4. The molecule has 4 N–H and O–H groups in total. The highest BCUT2D eigenvalue weighted by molar-refractivity contribution is 6.03. The van der Waals surface area contributed by atoms with Crippen LogP contribution in [0, 0.1) is 0 Å². The van der Waals surface area contributed by atoms with Crippen LogP contribution in [0.15, 0.2) is 18.2 Å². The Balaban J connectivity index is 0.00000361. The van der Waals surface area contributed by atoms with Gasteiger partial charge in [0.15, 0.2) is 5.78 Å². The number of rotatable bonds is 5. The van der Waals surface area contributed by atoms with E-state index in [2.05, 4.69) is 5.32 Å². The number of carbonyl (C=O) groups excluding carboxylic acids is 2. The van der Waals surface area contributed by atoms with Crippen LogP contribution >= 0.6 is 12.4 Å². The molecule has 0 spiro atoms. The molecule has 0 aliphatic carbocycles. The van der Waals surface area contributed by atoms with Crippen LogP contribution in [0.1, 0.15) is 22.2 Å². The number of phenols is 1. The molecule has 0 aliphatic rings. The van der Waals surface area contributed by atoms with Crippen LogP contribution in [0.2, 0.25) is 0 Å². The summed E-state index contributed by atoms with van der Waals surface area (Å²) in [5, 5.41) is 11.5. The third-order valence-corrected chi connectivity index (χ3v) is 1.65. The van der Waals surface area contributed by atoms with Crippen LogP contribution in [0.25, 0.3) is 0 Å². The first-order valence-electron chi connectivity index (χ1n) is 5.98. The lowest BCUT2D eigenvalue weighted by atomic mass is 10.1. The maximum Gasteiger partial charge on any atom is 0.211 e. The van der Waals surface area contributed by atoms with Crippen molar-refractivity contribution in [1.82, 2.24) is 0 Å². The summed E-state index contributed by atoms with van der Waals surface area (Å²) in [4.78, 5) is 22.4. The number of anilines is 1. The zero-order chi connectivity index (χ0) is 14.8. The lowest BCUT2D eigenvalue weighted by Crippen LogP contribution is -2.10. The number of phenolic OH excluding ortho intramolecular Hbond substituents is 1. The van der Waals surface area contributed by atoms with E-state index in [0.717, 1.165) is 6.07 Å². The fourth-order valence-corrected chi connectivity index (χ4v) is 1.04. The van der Waals surface area contributed by atoms with Gasteiger partial charge in [0.05, 0.1) is 5.69 Å². The number of benzene rings is 1. The molecule has 0 aliphatic heterocycles. The minimum atomic E-state index is -3.01. The summed E-state index contributed by atoms with van der Waals surface area (Å²) in [6.07, 6.45) is -2.74. The lowest BCUT2D eigenvalue weighted by Gasteiger charge is -2.07. The van der Waals surface area contributed by atoms with Crippen molar-refractivity contribution in [3.63, 3.8) is 0 Å². The van der Waals surface area contributed by atoms with Crippen LogP contribution in [-0.4, -0.2) is 23.8 Å². The van der Waals surface area contributed by atoms with Crippen LogP contribution < -0.4 is 11.1 Å². The summed E-state index contributed by atoms with van der Waals surface area (Å²) in [7, 11) is 0. The van der Waals surface area contributed by atoms with Gasteiger partial charge in [0, 0.05) is 17.4 Å². The van der Waals surface area contributed by atoms with Gasteiger partial charge in [-0.05, 0) is 24.7 Å². The fourth-order valence-electron chi connectivity index (χ4n) is 1.04. The Morgan fingerprint density at radius 3 is 2.88 bits per heavy atom. The number of nitrogens with two attached hydrogens (primary N) is 1. The average Bonchev–Trinajstić information content (AvgIpc) is 2.29. The van der Waals surface area contributed by atoms with E-state index in [-0.39, 0.29) is 35.8 Å². The number of aromatic hydroxyl groups is 1. The molecule has 0 saturated heterocycles. The van der Waals surface area contributed by atoms with Crippen LogP contribution in [0.5, 0.6) is 5.75 Å². The molecule has 1 aromatic rings. The maximum atomic E-state index is 12.0. The summed E-state index contributed by atoms with van der Waals surface area (Å²) in [6.45, 7) is -2.91. The van der Waals surface area contributed by atoms with Crippen molar-refractivity contribution in [1.29, 1.82) is 0 Å². The van der Waals surface area contributed by atoms with E-state index in [0.29, 0.717) is 0 Å². The van der Waals surface area contributed by atoms with E-state index < -0.39 is 18.7 Å². The normalized spacial score (nSPS) is 14.6. The van der Waals surface area contributed by atoms with Gasteiger partial charge in [0.1, 0.15) is 5.75 Å². The minimum absolute atomic E-state index is 0. The lowest BCUT2D eigenvalue weighted by molar-refractivity contribution is -0.105. The zero-order valence-electron chi connectivity index (χ0n) is 12.1. The Kier molecular flexibility index (Phi) is 3.64. The molecule has 0 fully saturated rings. The molecule has 6 heteroatoms. The molecule has 88 valence electrons. The summed E-state index contributed by atoms with van der Waals surface area (Å²) in [5.41, 5.74) is 4.58. The van der Waals surface area contributed by atoms with Gasteiger partial charge in [-0.2, -0.15) is 0 Å². The number of halogens is 1. The Morgan fingerprint density at radius 2 is 2.31 bits per heavy atom. The van der Waals surface area contributed by atoms with Gasteiger partial charge in [0.2, 0.25) is 6.41 Å². The van der Waals surface area contributed by atoms with Crippen molar-refractivity contribution in [3.8, 4) is 5.75 Å². The van der Waals surface area contributed by atoms with E-state index >= 15 is 0 Å². The molecule has 16 heavy (non-hydrogen) atoms. The van der Waals surface area contributed by atoms with Gasteiger partial charge >= 0.3 is 0 Å². The van der Waals surface area contributed by atoms with Gasteiger partial charge in [-0.25, -0.2) is 0 Å². The molecule has 0 heterocycles. The van der Waals surface area contributed by atoms with E-state index in [1.54, 1.807) is 0 Å². The second-order valence-electron chi connectivity index (χ2n) is 2.59. The summed E-state index contributed by atoms with van der Waals surface area (Å²) in [5.74, 6) is -1.60. The Hall–Kier alpha value is -1.59. The highest BCUT2D eigenvalue weighted by Crippen LogP contribution is 2.22. The second kappa shape index (κ2) is 6.81. The number of nitrogens with one attached hydrogen (secondary N) is 1. The molecule has 5 nitrogen and oxygen atoms in total. The summed E-state index contributed by atoms with van der Waals surface area (Å²) < 4.78 is 29.2. The highest BCUT2D eigenvalue weighted by Gasteiger charge is 2.11. The van der Waals surface area contributed by atoms with Crippen molar-refractivity contribution in [2.24, 2.45) is 5.73 Å². The molecule has 1 aromatic carbocycles. The molecule has 0 radical (unpaired) electrons. The van der Waals surface area contributed by atoms with Gasteiger partial charge in [-0.1, -0.05) is 0 Å². The number of hydrogen-bond donors (Lipinski definition) is 3. The SMILES string of the molecule is Cl.[2H]C([2H])(N)C([2H])([2H])C(=O)c1cc(O)ccc1NC=O. The summed E-state index contributed by atoms with van der Waals surface area (Å²) in [6, 6.07) is 3.31. The van der Waals surface area contributed by atoms with E-state index in [1.165, 1.54) is 12.1 Å². The highest BCUT2D eigenvalue weighted by atomic mass is 35.5. The van der Waals surface area contributed by atoms with Crippen molar-refractivity contribution in [2.45, 2.75) is 6.37 Å². The molecule has 0 aromatic heterocycles. The summed E-state index contributed by atoms with van der Waals surface area (Å²) >= 11 is 0. The van der Waals surface area contributed by atoms with Crippen LogP contribution in [0.3, 0.4) is 0 Å². The van der Waals surface area contributed by atoms with Crippen molar-refractivity contribution < 1.29 is 20.2 Å². The van der Waals surface area contributed by atoms with E-state index in [4.69, 9.17) is 11.2 Å². The molecular weight excluding hydrogens is 232 g/mol. The van der Waals surface area contributed by atoms with E-state index in [9.17, 15) is 14.7 Å². The number of Topliss-reactive ketones (excluding diaryl/α,β-unsaturated/α-hetero) is 1. The monoisotopic (exact) mass is 248 g/mol. The van der Waals surface area contributed by atoms with Gasteiger partial charge in [-0.15, -0.1) is 12.4 Å².